The zero-order chi connectivity index (χ0) is 51.5. The van der Waals surface area contributed by atoms with Crippen molar-refractivity contribution in [2.45, 2.75) is 78.6 Å². The van der Waals surface area contributed by atoms with E-state index >= 15 is 0 Å². The predicted octanol–water partition coefficient (Wildman–Crippen LogP) is 20.4. The molecule has 0 spiro atoms. The van der Waals surface area contributed by atoms with Gasteiger partial charge in [0, 0.05) is 71.1 Å². The fourth-order valence-corrected chi connectivity index (χ4v) is 15.0. The van der Waals surface area contributed by atoms with E-state index in [4.69, 9.17) is 13.3 Å². The van der Waals surface area contributed by atoms with Crippen molar-refractivity contribution in [3.05, 3.63) is 220 Å². The summed E-state index contributed by atoms with van der Waals surface area (Å²) >= 11 is 0. The number of hydrogen-bond donors (Lipinski definition) is 0. The van der Waals surface area contributed by atoms with Crippen LogP contribution in [0.25, 0.3) is 110 Å². The topological polar surface area (TPSA) is 42.7 Å². The zero-order valence-electron chi connectivity index (χ0n) is 44.3. The number of aryl methyl sites for hydroxylation is 3. The Labute approximate surface area is 441 Å². The van der Waals surface area contributed by atoms with Crippen LogP contribution in [0.4, 0.5) is 17.1 Å². The number of rotatable bonds is 4. The molecule has 16 rings (SSSR count). The molecule has 0 unspecified atom stereocenters. The molecule has 0 fully saturated rings. The van der Waals surface area contributed by atoms with Gasteiger partial charge in [-0.15, -0.1) is 0 Å². The number of anilines is 3. The lowest BCUT2D eigenvalue weighted by Gasteiger charge is -2.33. The fourth-order valence-electron chi connectivity index (χ4n) is 15.0. The van der Waals surface area contributed by atoms with Crippen LogP contribution in [-0.2, 0) is 16.2 Å². The lowest BCUT2D eigenvalue weighted by Crippen LogP contribution is -2.24. The van der Waals surface area contributed by atoms with Gasteiger partial charge in [0.15, 0.2) is 0 Å². The molecule has 4 nitrogen and oxygen atoms in total. The van der Waals surface area contributed by atoms with E-state index in [9.17, 15) is 0 Å². The molecule has 0 radical (unpaired) electrons. The smallest absolute Gasteiger partial charge is 0.144 e. The van der Waals surface area contributed by atoms with Crippen LogP contribution in [0.5, 0.6) is 0 Å². The number of hydrogen-bond acceptors (Lipinski definition) is 4. The molecule has 0 N–H and O–H groups in total. The third-order valence-electron chi connectivity index (χ3n) is 18.2. The Bertz CT molecular complexity index is 4750. The van der Waals surface area contributed by atoms with Gasteiger partial charge in [-0.25, -0.2) is 0 Å². The van der Waals surface area contributed by atoms with Crippen LogP contribution in [0.3, 0.4) is 0 Å². The second kappa shape index (κ2) is 14.6. The minimum absolute atomic E-state index is 0.238. The molecule has 3 aromatic heterocycles. The molecule has 10 aromatic carbocycles. The molecule has 0 saturated heterocycles. The second-order valence-corrected chi connectivity index (χ2v) is 23.7. The van der Waals surface area contributed by atoms with E-state index in [0.29, 0.717) is 0 Å². The molecular formula is C72H55NO3. The summed E-state index contributed by atoms with van der Waals surface area (Å²) in [5, 5.41) is 6.88. The Hall–Kier alpha value is -8.60. The summed E-state index contributed by atoms with van der Waals surface area (Å²) in [4.78, 5) is 2.55. The number of furan rings is 3. The van der Waals surface area contributed by atoms with E-state index in [1.165, 1.54) is 99.9 Å². The van der Waals surface area contributed by atoms with E-state index < -0.39 is 0 Å². The number of nitrogens with zero attached hydrogens (tertiary/aromatic N) is 1. The van der Waals surface area contributed by atoms with Crippen molar-refractivity contribution < 1.29 is 13.3 Å². The van der Waals surface area contributed by atoms with Gasteiger partial charge in [0.2, 0.25) is 0 Å². The Morgan fingerprint density at radius 2 is 0.829 bits per heavy atom. The van der Waals surface area contributed by atoms with Crippen LogP contribution in [-0.4, -0.2) is 0 Å². The molecule has 0 bridgehead atoms. The van der Waals surface area contributed by atoms with Crippen molar-refractivity contribution in [2.24, 2.45) is 0 Å². The summed E-state index contributed by atoms with van der Waals surface area (Å²) in [6.45, 7) is 21.3. The van der Waals surface area contributed by atoms with Gasteiger partial charge in [-0.2, -0.15) is 0 Å². The molecule has 76 heavy (non-hydrogen) atoms. The van der Waals surface area contributed by atoms with Gasteiger partial charge in [-0.3, -0.25) is 0 Å². The minimum Gasteiger partial charge on any atom is -0.456 e. The maximum absolute atomic E-state index is 7.03. The van der Waals surface area contributed by atoms with Gasteiger partial charge in [0.25, 0.3) is 0 Å². The maximum atomic E-state index is 7.03. The molecule has 4 heteroatoms. The van der Waals surface area contributed by atoms with Gasteiger partial charge in [0.1, 0.15) is 33.5 Å². The standard InChI is InChI=1S/C72H55NO3/c1-38-33-39(2)67(40(3)34-38)73(42-30-32-46-53(36-42)72(8,9)65-61(46)63-49-22-13-17-27-57(49)76-69(63)64-44-19-10-14-24-51(44)71(6,7)66(64)65)41-29-31-45-52(35-41)70(4,5)54-37-50(68-62(60(45)54)48-21-12-16-26-56(48)75-68)43-23-18-28-58-59(43)47-20-11-15-25-55(47)74-58/h10-37H,1-9H3. The monoisotopic (exact) mass is 981 g/mol. The lowest BCUT2D eigenvalue weighted by molar-refractivity contribution is 0.600. The van der Waals surface area contributed by atoms with Crippen molar-refractivity contribution in [3.8, 4) is 44.5 Å². The van der Waals surface area contributed by atoms with Crippen LogP contribution >= 0.6 is 0 Å². The first-order valence-electron chi connectivity index (χ1n) is 26.9. The summed E-state index contributed by atoms with van der Waals surface area (Å²) < 4.78 is 20.5. The molecule has 366 valence electrons. The minimum atomic E-state index is -0.373. The lowest BCUT2D eigenvalue weighted by atomic mass is 9.72. The normalized spacial score (nSPS) is 15.2. The van der Waals surface area contributed by atoms with Crippen molar-refractivity contribution in [2.75, 3.05) is 4.90 Å². The zero-order valence-corrected chi connectivity index (χ0v) is 44.3. The predicted molar refractivity (Wildman–Crippen MR) is 315 cm³/mol. The summed E-state index contributed by atoms with van der Waals surface area (Å²) in [5.41, 5.74) is 29.6. The van der Waals surface area contributed by atoms with Crippen LogP contribution in [0.1, 0.15) is 91.6 Å². The number of benzene rings is 10. The van der Waals surface area contributed by atoms with E-state index in [0.717, 1.165) is 77.5 Å². The highest BCUT2D eigenvalue weighted by Gasteiger charge is 2.49. The van der Waals surface area contributed by atoms with E-state index in [-0.39, 0.29) is 16.2 Å². The molecule has 3 aliphatic rings. The largest absolute Gasteiger partial charge is 0.456 e. The van der Waals surface area contributed by atoms with E-state index in [1.807, 2.05) is 6.07 Å². The Morgan fingerprint density at radius 1 is 0.342 bits per heavy atom. The van der Waals surface area contributed by atoms with Crippen molar-refractivity contribution in [1.82, 2.24) is 0 Å². The quantitative estimate of drug-likeness (QED) is 0.176. The average Bonchev–Trinajstić information content (AvgIpc) is 4.20. The highest BCUT2D eigenvalue weighted by Crippen LogP contribution is 2.64. The van der Waals surface area contributed by atoms with Crippen molar-refractivity contribution in [1.29, 1.82) is 0 Å². The highest BCUT2D eigenvalue weighted by molar-refractivity contribution is 6.23. The van der Waals surface area contributed by atoms with Gasteiger partial charge < -0.3 is 18.2 Å². The SMILES string of the molecule is Cc1cc(C)c(N(c2ccc3c(c2)C(C)(C)c2cc(-c4cccc5oc6ccccc6c45)c4oc5ccccc5c4c2-3)c2ccc3c(c2)C(C)(C)c2c4c(c5oc6ccccc6c5c2-3)-c2ccccc2C4(C)C)c(C)c1. The van der Waals surface area contributed by atoms with Crippen molar-refractivity contribution >= 4 is 82.9 Å². The first kappa shape index (κ1) is 43.8. The molecule has 13 aromatic rings. The molecule has 3 aliphatic carbocycles. The number of para-hydroxylation sites is 3. The summed E-state index contributed by atoms with van der Waals surface area (Å²) in [6.07, 6.45) is 0. The molecule has 0 aliphatic heterocycles. The molecule has 0 saturated carbocycles. The molecular weight excluding hydrogens is 927 g/mol. The first-order chi connectivity index (χ1) is 36.7. The number of fused-ring (bicyclic) bond motifs is 22. The van der Waals surface area contributed by atoms with E-state index in [1.54, 1.807) is 0 Å². The van der Waals surface area contributed by atoms with Crippen molar-refractivity contribution in [3.63, 3.8) is 0 Å². The highest BCUT2D eigenvalue weighted by atomic mass is 16.3. The molecule has 0 atom stereocenters. The fraction of sp³-hybridized carbons (Fsp3) is 0.167. The summed E-state index contributed by atoms with van der Waals surface area (Å²) in [6, 6.07) is 62.7. The average molecular weight is 982 g/mol. The third-order valence-corrected chi connectivity index (χ3v) is 18.2. The molecule has 0 amide bonds. The summed E-state index contributed by atoms with van der Waals surface area (Å²) in [7, 11) is 0. The van der Waals surface area contributed by atoms with Gasteiger partial charge in [0.05, 0.1) is 5.69 Å². The Kier molecular flexibility index (Phi) is 8.42. The molecule has 3 heterocycles. The maximum Gasteiger partial charge on any atom is 0.144 e. The Morgan fingerprint density at radius 3 is 1.50 bits per heavy atom. The third kappa shape index (κ3) is 5.43. The van der Waals surface area contributed by atoms with Gasteiger partial charge in [-0.1, -0.05) is 162 Å². The summed E-state index contributed by atoms with van der Waals surface area (Å²) in [5.74, 6) is 0. The van der Waals surface area contributed by atoms with Crippen LogP contribution < -0.4 is 4.90 Å². The first-order valence-corrected chi connectivity index (χ1v) is 26.9. The van der Waals surface area contributed by atoms with Crippen LogP contribution in [0.2, 0.25) is 0 Å². The second-order valence-electron chi connectivity index (χ2n) is 23.7. The van der Waals surface area contributed by atoms with Gasteiger partial charge in [-0.05, 0) is 153 Å². The van der Waals surface area contributed by atoms with E-state index in [2.05, 4.69) is 231 Å². The van der Waals surface area contributed by atoms with Crippen LogP contribution in [0, 0.1) is 20.8 Å². The van der Waals surface area contributed by atoms with Gasteiger partial charge >= 0.3 is 0 Å². The van der Waals surface area contributed by atoms with Crippen LogP contribution in [0.15, 0.2) is 183 Å². The Balaban J connectivity index is 0.923.